The molecule has 0 bridgehead atoms. The van der Waals surface area contributed by atoms with Gasteiger partial charge in [-0.15, -0.1) is 0 Å². The Hall–Kier alpha value is -2.70. The number of aromatic nitrogens is 2. The van der Waals surface area contributed by atoms with Crippen LogP contribution >= 0.6 is 0 Å². The first-order valence-corrected chi connectivity index (χ1v) is 7.43. The number of nitrogens with one attached hydrogen (secondary N) is 1. The number of amides is 1. The van der Waals surface area contributed by atoms with Gasteiger partial charge in [-0.1, -0.05) is 19.0 Å². The van der Waals surface area contributed by atoms with Crippen LogP contribution in [0.4, 0.5) is 0 Å². The number of carbonyl (C=O) groups is 2. The lowest BCUT2D eigenvalue weighted by atomic mass is 10.1. The van der Waals surface area contributed by atoms with Crippen molar-refractivity contribution in [2.45, 2.75) is 40.2 Å². The SMILES string of the molecule is CCc1noc(CC)c1CNC(=O)c1ccc(C(=O)O)c(C)n1. The number of hydrogen-bond acceptors (Lipinski definition) is 5. The predicted molar refractivity (Wildman–Crippen MR) is 82.4 cm³/mol. The first-order valence-electron chi connectivity index (χ1n) is 7.43. The summed E-state index contributed by atoms with van der Waals surface area (Å²) in [5, 5.41) is 15.8. The van der Waals surface area contributed by atoms with Crippen molar-refractivity contribution in [2.24, 2.45) is 0 Å². The molecule has 0 saturated carbocycles. The zero-order chi connectivity index (χ0) is 17.0. The molecule has 122 valence electrons. The second-order valence-electron chi connectivity index (χ2n) is 5.06. The predicted octanol–water partition coefficient (Wildman–Crippen LogP) is 2.13. The summed E-state index contributed by atoms with van der Waals surface area (Å²) in [5.74, 6) is -0.672. The Balaban J connectivity index is 2.13. The van der Waals surface area contributed by atoms with Crippen molar-refractivity contribution in [3.63, 3.8) is 0 Å². The van der Waals surface area contributed by atoms with E-state index in [2.05, 4.69) is 15.5 Å². The molecule has 0 spiro atoms. The molecule has 7 nitrogen and oxygen atoms in total. The first kappa shape index (κ1) is 16.7. The van der Waals surface area contributed by atoms with E-state index < -0.39 is 5.97 Å². The highest BCUT2D eigenvalue weighted by atomic mass is 16.5. The molecule has 2 N–H and O–H groups in total. The molecule has 0 unspecified atom stereocenters. The number of hydrogen-bond donors (Lipinski definition) is 2. The summed E-state index contributed by atoms with van der Waals surface area (Å²) in [6, 6.07) is 2.79. The van der Waals surface area contributed by atoms with E-state index in [0.717, 1.165) is 23.4 Å². The Bertz CT molecular complexity index is 715. The van der Waals surface area contributed by atoms with Gasteiger partial charge in [0.2, 0.25) is 0 Å². The molecule has 0 aliphatic carbocycles. The second kappa shape index (κ2) is 7.04. The van der Waals surface area contributed by atoms with Gasteiger partial charge in [0.15, 0.2) is 0 Å². The Kier molecular flexibility index (Phi) is 5.10. The van der Waals surface area contributed by atoms with Crippen molar-refractivity contribution < 1.29 is 19.2 Å². The normalized spacial score (nSPS) is 10.6. The Morgan fingerprint density at radius 1 is 1.26 bits per heavy atom. The number of aryl methyl sites for hydroxylation is 3. The molecule has 2 aromatic rings. The molecule has 7 heteroatoms. The number of carboxylic acid groups (broad SMARTS) is 1. The zero-order valence-corrected chi connectivity index (χ0v) is 13.3. The van der Waals surface area contributed by atoms with E-state index in [9.17, 15) is 9.59 Å². The summed E-state index contributed by atoms with van der Waals surface area (Å²) in [5.41, 5.74) is 2.29. The fourth-order valence-corrected chi connectivity index (χ4v) is 2.31. The minimum atomic E-state index is -1.06. The zero-order valence-electron chi connectivity index (χ0n) is 13.3. The fourth-order valence-electron chi connectivity index (χ4n) is 2.31. The molecule has 0 fully saturated rings. The van der Waals surface area contributed by atoms with Gasteiger partial charge >= 0.3 is 5.97 Å². The van der Waals surface area contributed by atoms with Gasteiger partial charge in [-0.05, 0) is 25.5 Å². The molecule has 0 saturated heterocycles. The fraction of sp³-hybridized carbons (Fsp3) is 0.375. The van der Waals surface area contributed by atoms with Crippen LogP contribution in [0.25, 0.3) is 0 Å². The molecule has 0 atom stereocenters. The topological polar surface area (TPSA) is 105 Å². The summed E-state index contributed by atoms with van der Waals surface area (Å²) in [6.07, 6.45) is 1.42. The molecule has 2 heterocycles. The van der Waals surface area contributed by atoms with Crippen LogP contribution in [0.2, 0.25) is 0 Å². The number of aromatic carboxylic acids is 1. The summed E-state index contributed by atoms with van der Waals surface area (Å²) in [7, 11) is 0. The molecular weight excluding hydrogens is 298 g/mol. The lowest BCUT2D eigenvalue weighted by Gasteiger charge is -2.07. The number of pyridine rings is 1. The van der Waals surface area contributed by atoms with Crippen molar-refractivity contribution in [2.75, 3.05) is 0 Å². The van der Waals surface area contributed by atoms with Crippen LogP contribution in [-0.2, 0) is 19.4 Å². The molecule has 0 aliphatic rings. The molecule has 1 amide bonds. The lowest BCUT2D eigenvalue weighted by Crippen LogP contribution is -2.25. The molecule has 2 aromatic heterocycles. The third-order valence-electron chi connectivity index (χ3n) is 3.58. The van der Waals surface area contributed by atoms with E-state index in [1.165, 1.54) is 12.1 Å². The van der Waals surface area contributed by atoms with Gasteiger partial charge in [0.1, 0.15) is 11.5 Å². The van der Waals surface area contributed by atoms with E-state index in [-0.39, 0.29) is 17.2 Å². The van der Waals surface area contributed by atoms with Gasteiger partial charge < -0.3 is 14.9 Å². The number of rotatable bonds is 6. The second-order valence-corrected chi connectivity index (χ2v) is 5.06. The maximum Gasteiger partial charge on any atom is 0.337 e. The smallest absolute Gasteiger partial charge is 0.337 e. The van der Waals surface area contributed by atoms with Crippen molar-refractivity contribution in [3.05, 3.63) is 46.1 Å². The molecule has 0 aromatic carbocycles. The maximum absolute atomic E-state index is 12.2. The van der Waals surface area contributed by atoms with E-state index >= 15 is 0 Å². The van der Waals surface area contributed by atoms with Crippen LogP contribution in [0, 0.1) is 6.92 Å². The molecular formula is C16H19N3O4. The molecule has 2 rings (SSSR count). The van der Waals surface area contributed by atoms with E-state index in [4.69, 9.17) is 9.63 Å². The Labute approximate surface area is 133 Å². The van der Waals surface area contributed by atoms with Crippen LogP contribution in [-0.4, -0.2) is 27.1 Å². The van der Waals surface area contributed by atoms with Crippen LogP contribution in [0.5, 0.6) is 0 Å². The van der Waals surface area contributed by atoms with Crippen LogP contribution in [0.1, 0.15) is 57.4 Å². The highest BCUT2D eigenvalue weighted by molar-refractivity contribution is 5.94. The van der Waals surface area contributed by atoms with Gasteiger partial charge in [0, 0.05) is 18.5 Å². The minimum absolute atomic E-state index is 0.0853. The van der Waals surface area contributed by atoms with Crippen molar-refractivity contribution >= 4 is 11.9 Å². The average Bonchev–Trinajstić information content (AvgIpc) is 2.93. The third kappa shape index (κ3) is 3.56. The summed E-state index contributed by atoms with van der Waals surface area (Å²) < 4.78 is 5.25. The van der Waals surface area contributed by atoms with Crippen LogP contribution in [0.15, 0.2) is 16.7 Å². The molecule has 23 heavy (non-hydrogen) atoms. The summed E-state index contributed by atoms with van der Waals surface area (Å²) >= 11 is 0. The quantitative estimate of drug-likeness (QED) is 0.845. The number of carbonyl (C=O) groups excluding carboxylic acids is 1. The first-order chi connectivity index (χ1) is 11.0. The maximum atomic E-state index is 12.2. The van der Waals surface area contributed by atoms with Crippen LogP contribution < -0.4 is 5.32 Å². The van der Waals surface area contributed by atoms with Crippen molar-refractivity contribution in [1.29, 1.82) is 0 Å². The lowest BCUT2D eigenvalue weighted by molar-refractivity contribution is 0.0694. The van der Waals surface area contributed by atoms with E-state index in [0.29, 0.717) is 18.7 Å². The van der Waals surface area contributed by atoms with Crippen molar-refractivity contribution in [3.8, 4) is 0 Å². The largest absolute Gasteiger partial charge is 0.478 e. The van der Waals surface area contributed by atoms with Gasteiger partial charge in [-0.3, -0.25) is 4.79 Å². The highest BCUT2D eigenvalue weighted by Crippen LogP contribution is 2.15. The Morgan fingerprint density at radius 3 is 2.57 bits per heavy atom. The minimum Gasteiger partial charge on any atom is -0.478 e. The van der Waals surface area contributed by atoms with E-state index in [1.54, 1.807) is 6.92 Å². The summed E-state index contributed by atoms with van der Waals surface area (Å²) in [4.78, 5) is 27.2. The monoisotopic (exact) mass is 317 g/mol. The van der Waals surface area contributed by atoms with Gasteiger partial charge in [0.05, 0.1) is 17.0 Å². The number of carboxylic acids is 1. The van der Waals surface area contributed by atoms with Gasteiger partial charge in [-0.2, -0.15) is 0 Å². The third-order valence-corrected chi connectivity index (χ3v) is 3.58. The molecule has 0 radical (unpaired) electrons. The molecule has 0 aliphatic heterocycles. The number of nitrogens with zero attached hydrogens (tertiary/aromatic N) is 2. The summed E-state index contributed by atoms with van der Waals surface area (Å²) in [6.45, 7) is 5.79. The van der Waals surface area contributed by atoms with Gasteiger partial charge in [-0.25, -0.2) is 9.78 Å². The van der Waals surface area contributed by atoms with Crippen LogP contribution in [0.3, 0.4) is 0 Å². The van der Waals surface area contributed by atoms with Gasteiger partial charge in [0.25, 0.3) is 5.91 Å². The standard InChI is InChI=1S/C16H19N3O4/c1-4-12-11(14(5-2)23-19-12)8-17-15(20)13-7-6-10(16(21)22)9(3)18-13/h6-7H,4-5,8H2,1-3H3,(H,17,20)(H,21,22). The van der Waals surface area contributed by atoms with E-state index in [1.807, 2.05) is 13.8 Å². The Morgan fingerprint density at radius 2 is 2.00 bits per heavy atom. The highest BCUT2D eigenvalue weighted by Gasteiger charge is 2.16. The average molecular weight is 317 g/mol. The van der Waals surface area contributed by atoms with Crippen molar-refractivity contribution in [1.82, 2.24) is 15.5 Å².